The summed E-state index contributed by atoms with van der Waals surface area (Å²) in [4.78, 5) is 18.2. The monoisotopic (exact) mass is 485 g/mol. The van der Waals surface area contributed by atoms with Gasteiger partial charge in [-0.2, -0.15) is 4.31 Å². The molecule has 0 aliphatic rings. The molecule has 3 atom stereocenters. The quantitative estimate of drug-likeness (QED) is 0.501. The van der Waals surface area contributed by atoms with E-state index in [9.17, 15) is 22.7 Å². The largest absolute Gasteiger partial charge is 0.394 e. The van der Waals surface area contributed by atoms with Gasteiger partial charge in [0.25, 0.3) is 10.0 Å². The van der Waals surface area contributed by atoms with Crippen molar-refractivity contribution >= 4 is 21.7 Å². The molecular formula is C21H32FN5O5S. The Bertz CT molecular complexity index is 1010. The van der Waals surface area contributed by atoms with Crippen molar-refractivity contribution in [2.45, 2.75) is 31.0 Å². The van der Waals surface area contributed by atoms with Gasteiger partial charge in [-0.05, 0) is 31.2 Å². The number of anilines is 1. The van der Waals surface area contributed by atoms with E-state index in [2.05, 4.69) is 10.3 Å². The van der Waals surface area contributed by atoms with Gasteiger partial charge in [0.2, 0.25) is 0 Å². The number of aromatic nitrogens is 2. The van der Waals surface area contributed by atoms with Crippen LogP contribution < -0.4 is 5.32 Å². The average molecular weight is 486 g/mol. The number of aryl methyl sites for hydroxylation is 1. The summed E-state index contributed by atoms with van der Waals surface area (Å²) in [7, 11) is 0.787. The molecule has 1 aromatic heterocycles. The number of hydrogen-bond donors (Lipinski definition) is 2. The number of halogens is 1. The number of likely N-dealkylation sites (N-methyl/N-ethyl adjacent to an activating group) is 1. The minimum absolute atomic E-state index is 0.0392. The van der Waals surface area contributed by atoms with E-state index < -0.39 is 34.0 Å². The fourth-order valence-electron chi connectivity index (χ4n) is 3.24. The van der Waals surface area contributed by atoms with Crippen LogP contribution in [0.5, 0.6) is 0 Å². The minimum atomic E-state index is -3.81. The zero-order valence-electron chi connectivity index (χ0n) is 19.5. The van der Waals surface area contributed by atoms with E-state index >= 15 is 0 Å². The van der Waals surface area contributed by atoms with Gasteiger partial charge in [0.1, 0.15) is 5.82 Å². The first-order valence-electron chi connectivity index (χ1n) is 10.4. The molecule has 184 valence electrons. The Morgan fingerprint density at radius 3 is 2.42 bits per heavy atom. The first kappa shape index (κ1) is 26.7. The van der Waals surface area contributed by atoms with Gasteiger partial charge in [-0.1, -0.05) is 6.92 Å². The second-order valence-electron chi connectivity index (χ2n) is 8.04. The predicted octanol–water partition coefficient (Wildman–Crippen LogP) is 1.75. The molecule has 2 rings (SSSR count). The molecular weight excluding hydrogens is 453 g/mol. The maximum atomic E-state index is 13.1. The van der Waals surface area contributed by atoms with Crippen LogP contribution in [0.4, 0.5) is 14.9 Å². The molecule has 0 aliphatic carbocycles. The third kappa shape index (κ3) is 6.97. The van der Waals surface area contributed by atoms with Crippen molar-refractivity contribution in [3.8, 4) is 0 Å². The minimum Gasteiger partial charge on any atom is -0.394 e. The molecule has 0 spiro atoms. The van der Waals surface area contributed by atoms with Crippen LogP contribution >= 0.6 is 0 Å². The number of amides is 2. The number of hydrogen-bond acceptors (Lipinski definition) is 6. The molecule has 0 bridgehead atoms. The first-order chi connectivity index (χ1) is 15.5. The summed E-state index contributed by atoms with van der Waals surface area (Å²) in [6.45, 7) is 3.48. The zero-order valence-corrected chi connectivity index (χ0v) is 20.3. The van der Waals surface area contributed by atoms with Crippen molar-refractivity contribution < 1.29 is 27.4 Å². The van der Waals surface area contributed by atoms with Gasteiger partial charge in [0.15, 0.2) is 5.03 Å². The average Bonchev–Trinajstić information content (AvgIpc) is 3.23. The fraction of sp³-hybridized carbons (Fsp3) is 0.524. The Kier molecular flexibility index (Phi) is 9.35. The molecule has 0 fully saturated rings. The number of aliphatic hydroxyl groups is 1. The Balaban J connectivity index is 2.11. The van der Waals surface area contributed by atoms with Crippen molar-refractivity contribution in [1.82, 2.24) is 18.8 Å². The molecule has 0 saturated heterocycles. The number of rotatable bonds is 11. The summed E-state index contributed by atoms with van der Waals surface area (Å²) in [6.07, 6.45) is 2.28. The number of carbonyl (C=O) groups is 1. The molecule has 1 heterocycles. The number of carbonyl (C=O) groups excluding carboxylic acids is 1. The van der Waals surface area contributed by atoms with Crippen LogP contribution in [0.25, 0.3) is 0 Å². The van der Waals surface area contributed by atoms with Crippen LogP contribution in [0.15, 0.2) is 41.8 Å². The second kappa shape index (κ2) is 11.5. The molecule has 2 amide bonds. The van der Waals surface area contributed by atoms with E-state index in [1.54, 1.807) is 18.5 Å². The number of urea groups is 1. The van der Waals surface area contributed by atoms with Crippen molar-refractivity contribution in [3.05, 3.63) is 42.6 Å². The van der Waals surface area contributed by atoms with Gasteiger partial charge in [-0.15, -0.1) is 0 Å². The number of benzene rings is 1. The van der Waals surface area contributed by atoms with Crippen molar-refractivity contribution in [2.75, 3.05) is 39.2 Å². The summed E-state index contributed by atoms with van der Waals surface area (Å²) in [6, 6.07) is 4.36. The molecule has 2 aromatic rings. The highest BCUT2D eigenvalue weighted by molar-refractivity contribution is 7.89. The number of sulfonamides is 1. The number of aliphatic hydroxyl groups excluding tert-OH is 1. The molecule has 12 heteroatoms. The van der Waals surface area contributed by atoms with Gasteiger partial charge in [0.05, 0.1) is 25.1 Å². The first-order valence-corrected chi connectivity index (χ1v) is 11.8. The van der Waals surface area contributed by atoms with E-state index in [0.717, 1.165) is 0 Å². The topological polar surface area (TPSA) is 117 Å². The smallest absolute Gasteiger partial charge is 0.322 e. The van der Waals surface area contributed by atoms with Crippen LogP contribution in [0.1, 0.15) is 13.8 Å². The zero-order chi connectivity index (χ0) is 24.8. The van der Waals surface area contributed by atoms with Crippen LogP contribution in [0, 0.1) is 11.7 Å². The maximum Gasteiger partial charge on any atom is 0.322 e. The molecule has 0 unspecified atom stereocenters. The third-order valence-corrected chi connectivity index (χ3v) is 7.08. The number of ether oxygens (including phenoxy) is 1. The van der Waals surface area contributed by atoms with E-state index in [-0.39, 0.29) is 30.6 Å². The standard InChI is InChI=1S/C21H32FN5O5S/c1-15(19(32-5)11-26(4)33(30,31)20-12-25(3)14-23-20)10-27(16(2)13-28)21(29)24-18-8-6-17(22)7-9-18/h6-9,12,14-16,19,28H,10-11,13H2,1-5H3,(H,24,29)/t15-,16+,19+/m1/s1. The summed E-state index contributed by atoms with van der Waals surface area (Å²) >= 11 is 0. The summed E-state index contributed by atoms with van der Waals surface area (Å²) in [5.41, 5.74) is 0.411. The van der Waals surface area contributed by atoms with E-state index in [4.69, 9.17) is 4.74 Å². The van der Waals surface area contributed by atoms with E-state index in [1.165, 1.54) is 60.2 Å². The van der Waals surface area contributed by atoms with Gasteiger partial charge < -0.3 is 24.6 Å². The summed E-state index contributed by atoms with van der Waals surface area (Å²) in [5, 5.41) is 12.3. The highest BCUT2D eigenvalue weighted by atomic mass is 32.2. The summed E-state index contributed by atoms with van der Waals surface area (Å²) in [5.74, 6) is -0.709. The van der Waals surface area contributed by atoms with Crippen LogP contribution in [-0.2, 0) is 21.8 Å². The molecule has 0 aliphatic heterocycles. The maximum absolute atomic E-state index is 13.1. The second-order valence-corrected chi connectivity index (χ2v) is 10.0. The van der Waals surface area contributed by atoms with Gasteiger partial charge in [0, 0.05) is 52.1 Å². The molecule has 1 aromatic carbocycles. The SMILES string of the molecule is CO[C@@H](CN(C)S(=O)(=O)c1cn(C)cn1)[C@H](C)CN(C(=O)Nc1ccc(F)cc1)[C@@H](C)CO. The van der Waals surface area contributed by atoms with Crippen LogP contribution in [0.2, 0.25) is 0 Å². The lowest BCUT2D eigenvalue weighted by atomic mass is 10.0. The van der Waals surface area contributed by atoms with Crippen molar-refractivity contribution in [3.63, 3.8) is 0 Å². The van der Waals surface area contributed by atoms with Gasteiger partial charge in [-0.25, -0.2) is 22.6 Å². The molecule has 10 nitrogen and oxygen atoms in total. The lowest BCUT2D eigenvalue weighted by Gasteiger charge is -2.34. The van der Waals surface area contributed by atoms with Crippen molar-refractivity contribution in [2.24, 2.45) is 13.0 Å². The Morgan fingerprint density at radius 2 is 1.91 bits per heavy atom. The highest BCUT2D eigenvalue weighted by Gasteiger charge is 2.31. The van der Waals surface area contributed by atoms with Crippen LogP contribution in [0.3, 0.4) is 0 Å². The van der Waals surface area contributed by atoms with E-state index in [1.807, 2.05) is 6.92 Å². The van der Waals surface area contributed by atoms with Gasteiger partial charge in [-0.3, -0.25) is 0 Å². The Hall–Kier alpha value is -2.54. The molecule has 0 radical (unpaired) electrons. The Morgan fingerprint density at radius 1 is 1.27 bits per heavy atom. The fourth-order valence-corrected chi connectivity index (χ4v) is 4.38. The normalized spacial score (nSPS) is 14.7. The summed E-state index contributed by atoms with van der Waals surface area (Å²) < 4.78 is 47.0. The third-order valence-electron chi connectivity index (χ3n) is 5.37. The predicted molar refractivity (Wildman–Crippen MR) is 122 cm³/mol. The number of nitrogens with zero attached hydrogens (tertiary/aromatic N) is 4. The molecule has 0 saturated carbocycles. The highest BCUT2D eigenvalue weighted by Crippen LogP contribution is 2.18. The number of methoxy groups -OCH3 is 1. The lowest BCUT2D eigenvalue weighted by Crippen LogP contribution is -2.48. The van der Waals surface area contributed by atoms with Crippen LogP contribution in [-0.4, -0.2) is 84.3 Å². The lowest BCUT2D eigenvalue weighted by molar-refractivity contribution is 0.0305. The van der Waals surface area contributed by atoms with Gasteiger partial charge >= 0.3 is 6.03 Å². The number of imidazole rings is 1. The number of nitrogens with one attached hydrogen (secondary N) is 1. The Labute approximate surface area is 194 Å². The van der Waals surface area contributed by atoms with E-state index in [0.29, 0.717) is 5.69 Å². The molecule has 33 heavy (non-hydrogen) atoms. The molecule has 2 N–H and O–H groups in total. The van der Waals surface area contributed by atoms with Crippen molar-refractivity contribution in [1.29, 1.82) is 0 Å².